The van der Waals surface area contributed by atoms with Gasteiger partial charge in [0.2, 0.25) is 0 Å². The Hall–Kier alpha value is -1.40. The number of carbonyl (C=O) groups is 1. The van der Waals surface area contributed by atoms with Crippen LogP contribution in [0.3, 0.4) is 0 Å². The van der Waals surface area contributed by atoms with Gasteiger partial charge in [-0.2, -0.15) is 0 Å². The van der Waals surface area contributed by atoms with Gasteiger partial charge in [0.05, 0.1) is 11.8 Å². The number of aliphatic hydroxyl groups is 1. The first-order valence-electron chi connectivity index (χ1n) is 13.3. The van der Waals surface area contributed by atoms with E-state index in [9.17, 15) is 9.90 Å². The van der Waals surface area contributed by atoms with Gasteiger partial charge < -0.3 is 15.7 Å². The van der Waals surface area contributed by atoms with Crippen LogP contribution in [0.25, 0.3) is 0 Å². The summed E-state index contributed by atoms with van der Waals surface area (Å²) in [7, 11) is 0. The molecule has 33 heavy (non-hydrogen) atoms. The first-order chi connectivity index (χ1) is 15.6. The average molecular weight is 460 g/mol. The van der Waals surface area contributed by atoms with Crippen molar-refractivity contribution in [1.29, 1.82) is 0 Å². The lowest BCUT2D eigenvalue weighted by Gasteiger charge is -2.58. The Morgan fingerprint density at radius 3 is 2.70 bits per heavy atom. The molecule has 7 atom stereocenters. The van der Waals surface area contributed by atoms with Crippen LogP contribution < -0.4 is 10.6 Å². The number of carbonyl (C=O) groups excluding carboxylic acids is 1. The molecule has 0 aromatic rings. The molecule has 0 aliphatic heterocycles. The molecule has 4 aliphatic rings. The Labute approximate surface area is 200 Å². The Morgan fingerprint density at radius 1 is 1.15 bits per heavy atom. The molecule has 0 aromatic carbocycles. The summed E-state index contributed by atoms with van der Waals surface area (Å²) in [6.45, 7) is 12.4. The van der Waals surface area contributed by atoms with Crippen LogP contribution in [-0.4, -0.2) is 42.1 Å². The van der Waals surface area contributed by atoms with Crippen molar-refractivity contribution in [1.82, 2.24) is 10.6 Å². The summed E-state index contributed by atoms with van der Waals surface area (Å²) in [5.74, 6) is 2.60. The predicted molar refractivity (Wildman–Crippen MR) is 132 cm³/mol. The highest BCUT2D eigenvalue weighted by molar-refractivity contribution is 5.85. The molecule has 186 valence electrons. The molecule has 0 bridgehead atoms. The molecule has 0 radical (unpaired) electrons. The van der Waals surface area contributed by atoms with E-state index < -0.39 is 6.09 Å². The van der Waals surface area contributed by atoms with Gasteiger partial charge in [0.15, 0.2) is 0 Å². The maximum atomic E-state index is 12.1. The fourth-order valence-corrected chi connectivity index (χ4v) is 8.13. The molecule has 0 heterocycles. The van der Waals surface area contributed by atoms with Crippen molar-refractivity contribution in [3.8, 4) is 0 Å². The molecule has 4 aliphatic carbocycles. The Morgan fingerprint density at radius 2 is 1.94 bits per heavy atom. The van der Waals surface area contributed by atoms with Crippen molar-refractivity contribution in [2.24, 2.45) is 39.7 Å². The van der Waals surface area contributed by atoms with E-state index in [2.05, 4.69) is 49.6 Å². The van der Waals surface area contributed by atoms with Gasteiger partial charge in [-0.25, -0.2) is 4.79 Å². The maximum absolute atomic E-state index is 12.1. The second kappa shape index (κ2) is 9.69. The zero-order valence-electron chi connectivity index (χ0n) is 21.3. The molecular formula is C27H45N3O3. The molecule has 6 heteroatoms. The maximum Gasteiger partial charge on any atom is 0.433 e. The number of allylic oxidation sites excluding steroid dienone is 1. The summed E-state index contributed by atoms with van der Waals surface area (Å²) in [6, 6.07) is 0.397. The van der Waals surface area contributed by atoms with Crippen LogP contribution in [0.5, 0.6) is 0 Å². The van der Waals surface area contributed by atoms with Crippen LogP contribution >= 0.6 is 0 Å². The van der Waals surface area contributed by atoms with E-state index in [0.29, 0.717) is 24.4 Å². The number of hydrogen-bond donors (Lipinski definition) is 3. The second-order valence-corrected chi connectivity index (χ2v) is 12.0. The lowest BCUT2D eigenvalue weighted by Crippen LogP contribution is -2.51. The van der Waals surface area contributed by atoms with E-state index in [1.807, 2.05) is 6.92 Å². The van der Waals surface area contributed by atoms with Gasteiger partial charge in [-0.1, -0.05) is 44.5 Å². The minimum atomic E-state index is -0.470. The molecule has 3 N–H and O–H groups in total. The molecule has 6 nitrogen and oxygen atoms in total. The number of aliphatic hydroxyl groups excluding tert-OH is 1. The summed E-state index contributed by atoms with van der Waals surface area (Å²) in [4.78, 5) is 17.3. The molecule has 4 rings (SSSR count). The number of nitrogens with one attached hydrogen (secondary N) is 2. The fourth-order valence-electron chi connectivity index (χ4n) is 8.13. The van der Waals surface area contributed by atoms with Gasteiger partial charge in [-0.15, -0.1) is 0 Å². The van der Waals surface area contributed by atoms with Crippen molar-refractivity contribution in [2.75, 3.05) is 13.1 Å². The van der Waals surface area contributed by atoms with Crippen LogP contribution in [0.15, 0.2) is 16.8 Å². The average Bonchev–Trinajstić information content (AvgIpc) is 3.12. The highest BCUT2D eigenvalue weighted by Gasteiger charge is 2.59. The number of oxime groups is 1. The third-order valence-corrected chi connectivity index (χ3v) is 9.81. The number of hydrogen-bond acceptors (Lipinski definition) is 5. The molecule has 3 saturated carbocycles. The normalized spacial score (nSPS) is 40.5. The minimum Gasteiger partial charge on any atom is -0.389 e. The summed E-state index contributed by atoms with van der Waals surface area (Å²) < 4.78 is 0. The van der Waals surface area contributed by atoms with Crippen LogP contribution in [0.1, 0.15) is 86.0 Å². The first kappa shape index (κ1) is 24.7. The van der Waals surface area contributed by atoms with E-state index in [1.165, 1.54) is 31.3 Å². The minimum absolute atomic E-state index is 0.238. The van der Waals surface area contributed by atoms with Gasteiger partial charge in [0, 0.05) is 25.0 Å². The topological polar surface area (TPSA) is 83.0 Å². The molecule has 0 spiro atoms. The van der Waals surface area contributed by atoms with Gasteiger partial charge in [0.25, 0.3) is 0 Å². The van der Waals surface area contributed by atoms with Crippen LogP contribution in [-0.2, 0) is 4.84 Å². The van der Waals surface area contributed by atoms with Gasteiger partial charge >= 0.3 is 6.09 Å². The van der Waals surface area contributed by atoms with Crippen molar-refractivity contribution >= 4 is 11.8 Å². The summed E-state index contributed by atoms with van der Waals surface area (Å²) in [6.07, 6.45) is 10.8. The molecule has 3 fully saturated rings. The Kier molecular flexibility index (Phi) is 7.26. The third-order valence-electron chi connectivity index (χ3n) is 9.81. The van der Waals surface area contributed by atoms with Crippen molar-refractivity contribution in [3.63, 3.8) is 0 Å². The van der Waals surface area contributed by atoms with E-state index in [-0.39, 0.29) is 16.9 Å². The quantitative estimate of drug-likeness (QED) is 0.171. The van der Waals surface area contributed by atoms with Crippen molar-refractivity contribution < 1.29 is 14.7 Å². The van der Waals surface area contributed by atoms with Gasteiger partial charge in [0.1, 0.15) is 0 Å². The number of amides is 1. The lowest BCUT2D eigenvalue weighted by molar-refractivity contribution is -0.0479. The second-order valence-electron chi connectivity index (χ2n) is 12.0. The fraction of sp³-hybridized carbons (Fsp3) is 0.852. The number of nitrogens with zero attached hydrogens (tertiary/aromatic N) is 1. The smallest absolute Gasteiger partial charge is 0.389 e. The highest BCUT2D eigenvalue weighted by atomic mass is 16.7. The SMILES string of the molecule is C/C(=N\OC(=O)NCCNC(C)C)[C@H]1CC[C@H]2[C@@H]3CCC4=C[C@@H](O)CC[C@]4(C)[C@H]3CC[C@]12C. The zero-order chi connectivity index (χ0) is 23.8. The number of fused-ring (bicyclic) bond motifs is 5. The summed E-state index contributed by atoms with van der Waals surface area (Å²) >= 11 is 0. The monoisotopic (exact) mass is 459 g/mol. The molecule has 0 saturated heterocycles. The Balaban J connectivity index is 1.39. The predicted octanol–water partition coefficient (Wildman–Crippen LogP) is 5.03. The van der Waals surface area contributed by atoms with Gasteiger partial charge in [-0.05, 0) is 86.9 Å². The zero-order valence-corrected chi connectivity index (χ0v) is 21.3. The van der Waals surface area contributed by atoms with E-state index >= 15 is 0 Å². The van der Waals surface area contributed by atoms with Crippen molar-refractivity contribution in [3.05, 3.63) is 11.6 Å². The molecule has 1 amide bonds. The number of rotatable bonds is 6. The largest absolute Gasteiger partial charge is 0.433 e. The summed E-state index contributed by atoms with van der Waals surface area (Å²) in [5, 5.41) is 20.5. The Bertz CT molecular complexity index is 793. The first-order valence-corrected chi connectivity index (χ1v) is 13.3. The van der Waals surface area contributed by atoms with E-state index in [1.54, 1.807) is 0 Å². The lowest BCUT2D eigenvalue weighted by atomic mass is 9.46. The van der Waals surface area contributed by atoms with E-state index in [0.717, 1.165) is 49.8 Å². The van der Waals surface area contributed by atoms with Crippen LogP contribution in [0, 0.1) is 34.5 Å². The standard InChI is InChI=1S/C27H45N3O3/c1-17(2)28-14-15-29-25(32)33-30-18(3)22-8-9-23-21-7-6-19-16-20(31)10-12-26(19,4)24(21)11-13-27(22,23)5/h16-17,20-24,28,31H,6-15H2,1-5H3,(H,29,32)/b30-18+/t20-,21-,22+,23-,24-,26-,27+/m0/s1. The molecule has 0 unspecified atom stereocenters. The molecule has 0 aromatic heterocycles. The van der Waals surface area contributed by atoms with Gasteiger partial charge in [-0.3, -0.25) is 4.84 Å². The third kappa shape index (κ3) is 4.75. The highest BCUT2D eigenvalue weighted by Crippen LogP contribution is 2.66. The van der Waals surface area contributed by atoms with Crippen molar-refractivity contribution in [2.45, 2.75) is 98.1 Å². The van der Waals surface area contributed by atoms with E-state index in [4.69, 9.17) is 4.84 Å². The summed E-state index contributed by atoms with van der Waals surface area (Å²) in [5.41, 5.74) is 3.01. The van der Waals surface area contributed by atoms with Crippen LogP contribution in [0.2, 0.25) is 0 Å². The van der Waals surface area contributed by atoms with Crippen LogP contribution in [0.4, 0.5) is 4.79 Å². The molecular weight excluding hydrogens is 414 g/mol.